The van der Waals surface area contributed by atoms with Gasteiger partial charge in [-0.25, -0.2) is 4.39 Å². The topological polar surface area (TPSA) is 30.5 Å². The first-order chi connectivity index (χ1) is 10.8. The van der Waals surface area contributed by atoms with Crippen molar-refractivity contribution in [2.75, 3.05) is 20.3 Å². The average molecular weight is 303 g/mol. The number of nitrogens with one attached hydrogen (secondary N) is 1. The summed E-state index contributed by atoms with van der Waals surface area (Å²) in [5.41, 5.74) is 1.70. The Balaban J connectivity index is 1.82. The molecule has 1 N–H and O–H groups in total. The van der Waals surface area contributed by atoms with Crippen LogP contribution in [0.5, 0.6) is 5.75 Å². The molecule has 0 aliphatic carbocycles. The molecule has 2 aromatic rings. The average Bonchev–Trinajstić information content (AvgIpc) is 2.54. The lowest BCUT2D eigenvalue weighted by molar-refractivity contribution is 0.194. The fourth-order valence-corrected chi connectivity index (χ4v) is 2.10. The zero-order chi connectivity index (χ0) is 15.6. The normalized spacial score (nSPS) is 10.6. The molecule has 0 aliphatic heterocycles. The van der Waals surface area contributed by atoms with Gasteiger partial charge in [0.1, 0.15) is 18.2 Å². The zero-order valence-corrected chi connectivity index (χ0v) is 12.8. The van der Waals surface area contributed by atoms with Crippen LogP contribution in [0.3, 0.4) is 0 Å². The predicted octanol–water partition coefficient (Wildman–Crippen LogP) is 3.53. The molecule has 118 valence electrons. The van der Waals surface area contributed by atoms with Crippen molar-refractivity contribution < 1.29 is 13.9 Å². The molecule has 0 unspecified atom stereocenters. The van der Waals surface area contributed by atoms with Crippen LogP contribution in [0.2, 0.25) is 0 Å². The van der Waals surface area contributed by atoms with E-state index in [0.29, 0.717) is 5.56 Å². The molecular formula is C18H22FNO2. The molecule has 0 aliphatic rings. The maximum absolute atomic E-state index is 13.5. The Bertz CT molecular complexity index is 575. The second-order valence-corrected chi connectivity index (χ2v) is 5.05. The molecule has 0 aromatic heterocycles. The van der Waals surface area contributed by atoms with Gasteiger partial charge in [0.2, 0.25) is 0 Å². The third-order valence-electron chi connectivity index (χ3n) is 3.28. The van der Waals surface area contributed by atoms with Crippen LogP contribution in [0.25, 0.3) is 0 Å². The summed E-state index contributed by atoms with van der Waals surface area (Å²) in [6.07, 6.45) is 0.986. The van der Waals surface area contributed by atoms with Gasteiger partial charge in [0.25, 0.3) is 0 Å². The van der Waals surface area contributed by atoms with Crippen molar-refractivity contribution in [2.45, 2.75) is 19.6 Å². The monoisotopic (exact) mass is 303 g/mol. The first kappa shape index (κ1) is 16.5. The number of hydrogen-bond donors (Lipinski definition) is 1. The summed E-state index contributed by atoms with van der Waals surface area (Å²) in [5, 5.41) is 3.35. The maximum atomic E-state index is 13.5. The van der Waals surface area contributed by atoms with Gasteiger partial charge in [-0.3, -0.25) is 0 Å². The quantitative estimate of drug-likeness (QED) is 0.719. The van der Waals surface area contributed by atoms with E-state index in [1.54, 1.807) is 19.2 Å². The highest BCUT2D eigenvalue weighted by atomic mass is 19.1. The SMILES string of the molecule is COCCCNCc1cccc(OCc2ccccc2F)c1. The van der Waals surface area contributed by atoms with Crippen molar-refractivity contribution in [3.8, 4) is 5.75 Å². The minimum absolute atomic E-state index is 0.234. The van der Waals surface area contributed by atoms with Gasteiger partial charge in [-0.1, -0.05) is 30.3 Å². The highest BCUT2D eigenvalue weighted by Gasteiger charge is 2.02. The summed E-state index contributed by atoms with van der Waals surface area (Å²) < 4.78 is 24.2. The van der Waals surface area contributed by atoms with Crippen molar-refractivity contribution in [1.29, 1.82) is 0 Å². The van der Waals surface area contributed by atoms with Gasteiger partial charge in [-0.2, -0.15) is 0 Å². The van der Waals surface area contributed by atoms with Crippen LogP contribution in [-0.2, 0) is 17.9 Å². The third-order valence-corrected chi connectivity index (χ3v) is 3.28. The molecule has 22 heavy (non-hydrogen) atoms. The number of hydrogen-bond acceptors (Lipinski definition) is 3. The Hall–Kier alpha value is -1.91. The standard InChI is InChI=1S/C18H22FNO2/c1-21-11-5-10-20-13-15-6-4-8-17(12-15)22-14-16-7-2-3-9-18(16)19/h2-4,6-9,12,20H,5,10-11,13-14H2,1H3. The lowest BCUT2D eigenvalue weighted by atomic mass is 10.2. The van der Waals surface area contributed by atoms with E-state index in [9.17, 15) is 4.39 Å². The minimum Gasteiger partial charge on any atom is -0.489 e. The minimum atomic E-state index is -0.238. The Kier molecular flexibility index (Phi) is 6.87. The number of halogens is 1. The Morgan fingerprint density at radius 1 is 1.09 bits per heavy atom. The molecular weight excluding hydrogens is 281 g/mol. The van der Waals surface area contributed by atoms with Crippen molar-refractivity contribution in [2.24, 2.45) is 0 Å². The molecule has 0 bridgehead atoms. The summed E-state index contributed by atoms with van der Waals surface area (Å²) in [4.78, 5) is 0. The maximum Gasteiger partial charge on any atom is 0.129 e. The highest BCUT2D eigenvalue weighted by Crippen LogP contribution is 2.16. The smallest absolute Gasteiger partial charge is 0.129 e. The van der Waals surface area contributed by atoms with Crippen LogP contribution in [0, 0.1) is 5.82 Å². The van der Waals surface area contributed by atoms with Crippen LogP contribution in [-0.4, -0.2) is 20.3 Å². The fourth-order valence-electron chi connectivity index (χ4n) is 2.10. The third kappa shape index (κ3) is 5.47. The van der Waals surface area contributed by atoms with Crippen molar-refractivity contribution in [3.63, 3.8) is 0 Å². The van der Waals surface area contributed by atoms with Gasteiger partial charge in [-0.05, 0) is 36.7 Å². The van der Waals surface area contributed by atoms with Crippen molar-refractivity contribution >= 4 is 0 Å². The Labute approximate surface area is 131 Å². The van der Waals surface area contributed by atoms with E-state index in [0.717, 1.165) is 37.4 Å². The number of rotatable bonds is 9. The molecule has 0 saturated heterocycles. The van der Waals surface area contributed by atoms with Crippen LogP contribution in [0.15, 0.2) is 48.5 Å². The largest absolute Gasteiger partial charge is 0.489 e. The second-order valence-electron chi connectivity index (χ2n) is 5.05. The van der Waals surface area contributed by atoms with Gasteiger partial charge >= 0.3 is 0 Å². The Morgan fingerprint density at radius 2 is 1.95 bits per heavy atom. The molecule has 3 nitrogen and oxygen atoms in total. The van der Waals surface area contributed by atoms with E-state index < -0.39 is 0 Å². The summed E-state index contributed by atoms with van der Waals surface area (Å²) in [6.45, 7) is 2.69. The van der Waals surface area contributed by atoms with E-state index in [4.69, 9.17) is 9.47 Å². The lowest BCUT2D eigenvalue weighted by Crippen LogP contribution is -2.16. The molecule has 4 heteroatoms. The van der Waals surface area contributed by atoms with Gasteiger partial charge in [0.05, 0.1) is 0 Å². The van der Waals surface area contributed by atoms with Gasteiger partial charge in [0, 0.05) is 25.8 Å². The lowest BCUT2D eigenvalue weighted by Gasteiger charge is -2.09. The summed E-state index contributed by atoms with van der Waals surface area (Å²) in [6, 6.07) is 14.5. The number of methoxy groups -OCH3 is 1. The molecule has 0 heterocycles. The molecule has 0 spiro atoms. The zero-order valence-electron chi connectivity index (χ0n) is 12.8. The molecule has 0 saturated carbocycles. The predicted molar refractivity (Wildman–Crippen MR) is 85.4 cm³/mol. The fraction of sp³-hybridized carbons (Fsp3) is 0.333. The van der Waals surface area contributed by atoms with Gasteiger partial charge in [0.15, 0.2) is 0 Å². The van der Waals surface area contributed by atoms with E-state index in [2.05, 4.69) is 5.32 Å². The first-order valence-corrected chi connectivity index (χ1v) is 7.44. The van der Waals surface area contributed by atoms with Crippen LogP contribution in [0.4, 0.5) is 4.39 Å². The van der Waals surface area contributed by atoms with Crippen LogP contribution < -0.4 is 10.1 Å². The molecule has 0 fully saturated rings. The van der Waals surface area contributed by atoms with Gasteiger partial charge in [-0.15, -0.1) is 0 Å². The summed E-state index contributed by atoms with van der Waals surface area (Å²) >= 11 is 0. The molecule has 2 rings (SSSR count). The second kappa shape index (κ2) is 9.18. The molecule has 0 amide bonds. The van der Waals surface area contributed by atoms with Crippen molar-refractivity contribution in [3.05, 3.63) is 65.5 Å². The Morgan fingerprint density at radius 3 is 2.77 bits per heavy atom. The van der Waals surface area contributed by atoms with E-state index in [1.165, 1.54) is 6.07 Å². The summed E-state index contributed by atoms with van der Waals surface area (Å²) in [5.74, 6) is 0.512. The van der Waals surface area contributed by atoms with Crippen molar-refractivity contribution in [1.82, 2.24) is 5.32 Å². The van der Waals surface area contributed by atoms with E-state index in [1.807, 2.05) is 30.3 Å². The summed E-state index contributed by atoms with van der Waals surface area (Å²) in [7, 11) is 1.70. The van der Waals surface area contributed by atoms with E-state index >= 15 is 0 Å². The van der Waals surface area contributed by atoms with Crippen LogP contribution >= 0.6 is 0 Å². The molecule has 0 radical (unpaired) electrons. The van der Waals surface area contributed by atoms with Gasteiger partial charge < -0.3 is 14.8 Å². The highest BCUT2D eigenvalue weighted by molar-refractivity contribution is 5.29. The van der Waals surface area contributed by atoms with Crippen LogP contribution in [0.1, 0.15) is 17.5 Å². The first-order valence-electron chi connectivity index (χ1n) is 7.44. The number of ether oxygens (including phenoxy) is 2. The molecule has 0 atom stereocenters. The van der Waals surface area contributed by atoms with E-state index in [-0.39, 0.29) is 12.4 Å². The molecule has 2 aromatic carbocycles. The number of benzene rings is 2.